The molecule has 0 aromatic heterocycles. The van der Waals surface area contributed by atoms with E-state index in [1.807, 2.05) is 13.8 Å². The molecule has 0 unspecified atom stereocenters. The number of benzene rings is 1. The van der Waals surface area contributed by atoms with Crippen LogP contribution < -0.4 is 15.8 Å². The van der Waals surface area contributed by atoms with Crippen LogP contribution in [0.3, 0.4) is 0 Å². The van der Waals surface area contributed by atoms with Crippen molar-refractivity contribution in [2.45, 2.75) is 19.9 Å². The van der Waals surface area contributed by atoms with Crippen molar-refractivity contribution in [3.8, 4) is 5.75 Å². The average molecular weight is 234 g/mol. The fourth-order valence-electron chi connectivity index (χ4n) is 1.29. The second-order valence-electron chi connectivity index (χ2n) is 3.98. The molecule has 17 heavy (non-hydrogen) atoms. The quantitative estimate of drug-likeness (QED) is 0.604. The Morgan fingerprint density at radius 3 is 2.88 bits per heavy atom. The van der Waals surface area contributed by atoms with Crippen LogP contribution in [0.1, 0.15) is 24.2 Å². The van der Waals surface area contributed by atoms with E-state index in [-0.39, 0.29) is 11.9 Å². The normalized spacial score (nSPS) is 10.1. The predicted molar refractivity (Wildman–Crippen MR) is 69.1 cm³/mol. The van der Waals surface area contributed by atoms with Gasteiger partial charge in [0.1, 0.15) is 12.4 Å². The lowest BCUT2D eigenvalue weighted by Crippen LogP contribution is -2.30. The zero-order chi connectivity index (χ0) is 12.8. The van der Waals surface area contributed by atoms with Gasteiger partial charge in [-0.1, -0.05) is 12.7 Å². The number of hydrogen-bond acceptors (Lipinski definition) is 3. The number of nitrogens with two attached hydrogens (primary N) is 1. The van der Waals surface area contributed by atoms with Gasteiger partial charge >= 0.3 is 0 Å². The van der Waals surface area contributed by atoms with E-state index in [4.69, 9.17) is 10.5 Å². The number of anilines is 1. The molecule has 1 rings (SSSR count). The van der Waals surface area contributed by atoms with Crippen LogP contribution >= 0.6 is 0 Å². The second-order valence-corrected chi connectivity index (χ2v) is 3.98. The van der Waals surface area contributed by atoms with Crippen LogP contribution in [-0.2, 0) is 0 Å². The first-order valence-corrected chi connectivity index (χ1v) is 5.48. The maximum absolute atomic E-state index is 11.8. The molecule has 0 aliphatic carbocycles. The third-order valence-electron chi connectivity index (χ3n) is 2.05. The van der Waals surface area contributed by atoms with Crippen molar-refractivity contribution in [1.82, 2.24) is 5.32 Å². The van der Waals surface area contributed by atoms with Crippen molar-refractivity contribution >= 4 is 11.6 Å². The van der Waals surface area contributed by atoms with Crippen molar-refractivity contribution in [2.75, 3.05) is 12.3 Å². The van der Waals surface area contributed by atoms with Gasteiger partial charge in [0, 0.05) is 11.6 Å². The molecule has 0 fully saturated rings. The molecule has 1 amide bonds. The van der Waals surface area contributed by atoms with Gasteiger partial charge in [-0.3, -0.25) is 4.79 Å². The minimum atomic E-state index is -0.136. The fourth-order valence-corrected chi connectivity index (χ4v) is 1.29. The molecule has 1 aromatic carbocycles. The Balaban J connectivity index is 2.87. The number of carbonyl (C=O) groups is 1. The summed E-state index contributed by atoms with van der Waals surface area (Å²) in [5.41, 5.74) is 6.78. The van der Waals surface area contributed by atoms with Gasteiger partial charge < -0.3 is 15.8 Å². The Bertz CT molecular complexity index is 414. The van der Waals surface area contributed by atoms with Crippen molar-refractivity contribution in [2.24, 2.45) is 0 Å². The van der Waals surface area contributed by atoms with E-state index < -0.39 is 0 Å². The van der Waals surface area contributed by atoms with E-state index >= 15 is 0 Å². The van der Waals surface area contributed by atoms with Crippen LogP contribution in [0.2, 0.25) is 0 Å². The van der Waals surface area contributed by atoms with E-state index in [0.717, 1.165) is 0 Å². The fraction of sp³-hybridized carbons (Fsp3) is 0.308. The number of hydrogen-bond donors (Lipinski definition) is 2. The van der Waals surface area contributed by atoms with E-state index in [1.54, 1.807) is 24.3 Å². The maximum Gasteiger partial charge on any atom is 0.251 e. The molecule has 4 heteroatoms. The third-order valence-corrected chi connectivity index (χ3v) is 2.05. The van der Waals surface area contributed by atoms with E-state index in [2.05, 4.69) is 11.9 Å². The largest absolute Gasteiger partial charge is 0.487 e. The van der Waals surface area contributed by atoms with Crippen LogP contribution in [0, 0.1) is 0 Å². The van der Waals surface area contributed by atoms with Crippen molar-refractivity contribution in [1.29, 1.82) is 0 Å². The highest BCUT2D eigenvalue weighted by molar-refractivity contribution is 5.95. The minimum absolute atomic E-state index is 0.0950. The number of ether oxygens (including phenoxy) is 1. The standard InChI is InChI=1S/C13H18N2O2/c1-4-7-17-12-8-10(5-6-11(12)14)13(16)15-9(2)3/h4-6,8-9H,1,7,14H2,2-3H3,(H,15,16). The Kier molecular flexibility index (Phi) is 4.57. The van der Waals surface area contributed by atoms with Gasteiger partial charge in [0.05, 0.1) is 5.69 Å². The van der Waals surface area contributed by atoms with Crippen LogP contribution in [0.25, 0.3) is 0 Å². The number of amides is 1. The summed E-state index contributed by atoms with van der Waals surface area (Å²) in [6.07, 6.45) is 1.63. The first-order chi connectivity index (χ1) is 8.04. The molecule has 0 heterocycles. The molecule has 1 aromatic rings. The first-order valence-electron chi connectivity index (χ1n) is 5.48. The Hall–Kier alpha value is -1.97. The molecule has 0 bridgehead atoms. The van der Waals surface area contributed by atoms with Crippen LogP contribution in [0.15, 0.2) is 30.9 Å². The summed E-state index contributed by atoms with van der Waals surface area (Å²) in [6, 6.07) is 5.07. The molecule has 0 radical (unpaired) electrons. The summed E-state index contributed by atoms with van der Waals surface area (Å²) < 4.78 is 5.36. The van der Waals surface area contributed by atoms with Gasteiger partial charge in [-0.15, -0.1) is 0 Å². The Labute approximate surface area is 101 Å². The van der Waals surface area contributed by atoms with Gasteiger partial charge in [-0.2, -0.15) is 0 Å². The smallest absolute Gasteiger partial charge is 0.251 e. The molecule has 0 aliphatic rings. The average Bonchev–Trinajstić information content (AvgIpc) is 2.27. The lowest BCUT2D eigenvalue weighted by molar-refractivity contribution is 0.0943. The van der Waals surface area contributed by atoms with Crippen LogP contribution in [-0.4, -0.2) is 18.6 Å². The molecular formula is C13H18N2O2. The highest BCUT2D eigenvalue weighted by Crippen LogP contribution is 2.22. The summed E-state index contributed by atoms with van der Waals surface area (Å²) in [5, 5.41) is 2.81. The topological polar surface area (TPSA) is 64.3 Å². The molecule has 0 aliphatic heterocycles. The SMILES string of the molecule is C=CCOc1cc(C(=O)NC(C)C)ccc1N. The van der Waals surface area contributed by atoms with E-state index in [9.17, 15) is 4.79 Å². The summed E-state index contributed by atoms with van der Waals surface area (Å²) in [7, 11) is 0. The van der Waals surface area contributed by atoms with Crippen LogP contribution in [0.5, 0.6) is 5.75 Å². The Morgan fingerprint density at radius 1 is 1.59 bits per heavy atom. The van der Waals surface area contributed by atoms with Gasteiger partial charge in [0.15, 0.2) is 0 Å². The van der Waals surface area contributed by atoms with Crippen molar-refractivity contribution in [3.63, 3.8) is 0 Å². The third kappa shape index (κ3) is 3.83. The highest BCUT2D eigenvalue weighted by Gasteiger charge is 2.09. The first kappa shape index (κ1) is 13.1. The highest BCUT2D eigenvalue weighted by atomic mass is 16.5. The summed E-state index contributed by atoms with van der Waals surface area (Å²) in [5.74, 6) is 0.366. The predicted octanol–water partition coefficient (Wildman–Crippen LogP) is 1.97. The number of carbonyl (C=O) groups excluding carboxylic acids is 1. The van der Waals surface area contributed by atoms with Gasteiger partial charge in [0.2, 0.25) is 0 Å². The summed E-state index contributed by atoms with van der Waals surface area (Å²) in [6.45, 7) is 7.73. The molecule has 0 atom stereocenters. The summed E-state index contributed by atoms with van der Waals surface area (Å²) in [4.78, 5) is 11.8. The van der Waals surface area contributed by atoms with Crippen LogP contribution in [0.4, 0.5) is 5.69 Å². The number of nitrogens with one attached hydrogen (secondary N) is 1. The monoisotopic (exact) mass is 234 g/mol. The molecule has 0 spiro atoms. The number of rotatable bonds is 5. The molecule has 0 saturated heterocycles. The molecule has 0 saturated carbocycles. The molecule has 3 N–H and O–H groups in total. The molecular weight excluding hydrogens is 216 g/mol. The lowest BCUT2D eigenvalue weighted by Gasteiger charge is -2.11. The van der Waals surface area contributed by atoms with Crippen molar-refractivity contribution < 1.29 is 9.53 Å². The second kappa shape index (κ2) is 5.94. The Morgan fingerprint density at radius 2 is 2.29 bits per heavy atom. The number of nitrogen functional groups attached to an aromatic ring is 1. The minimum Gasteiger partial charge on any atom is -0.487 e. The lowest BCUT2D eigenvalue weighted by atomic mass is 10.1. The van der Waals surface area contributed by atoms with E-state index in [0.29, 0.717) is 23.6 Å². The van der Waals surface area contributed by atoms with Crippen molar-refractivity contribution in [3.05, 3.63) is 36.4 Å². The van der Waals surface area contributed by atoms with Gasteiger partial charge in [-0.05, 0) is 32.0 Å². The zero-order valence-electron chi connectivity index (χ0n) is 10.2. The van der Waals surface area contributed by atoms with Gasteiger partial charge in [0.25, 0.3) is 5.91 Å². The molecule has 92 valence electrons. The summed E-state index contributed by atoms with van der Waals surface area (Å²) >= 11 is 0. The zero-order valence-corrected chi connectivity index (χ0v) is 10.2. The maximum atomic E-state index is 11.8. The van der Waals surface area contributed by atoms with E-state index in [1.165, 1.54) is 0 Å². The van der Waals surface area contributed by atoms with Gasteiger partial charge in [-0.25, -0.2) is 0 Å². The molecule has 4 nitrogen and oxygen atoms in total.